The van der Waals surface area contributed by atoms with Gasteiger partial charge in [-0.05, 0) is 49.1 Å². The Morgan fingerprint density at radius 3 is 2.41 bits per heavy atom. The number of fused-ring (bicyclic) bond motifs is 1. The van der Waals surface area contributed by atoms with Crippen molar-refractivity contribution in [2.45, 2.75) is 25.1 Å². The van der Waals surface area contributed by atoms with Crippen LogP contribution in [-0.2, 0) is 4.74 Å². The lowest BCUT2D eigenvalue weighted by molar-refractivity contribution is 0.0628. The fourth-order valence-corrected chi connectivity index (χ4v) is 4.87. The minimum absolute atomic E-state index is 0.0189. The number of ketones is 1. The number of carbonyl (C=O) groups excluding carboxylic acids is 3. The Morgan fingerprint density at radius 1 is 1.19 bits per heavy atom. The minimum atomic E-state index is -0.597. The zero-order valence-electron chi connectivity index (χ0n) is 14.5. The summed E-state index contributed by atoms with van der Waals surface area (Å²) in [5, 5.41) is 1.24. The summed E-state index contributed by atoms with van der Waals surface area (Å²) in [5.41, 5.74) is 0.750. The molecule has 2 heterocycles. The third kappa shape index (κ3) is 4.28. The number of thiocarbonyl (C=S) groups is 1. The maximum Gasteiger partial charge on any atom is 0.262 e. The molecule has 5 nitrogen and oxygen atoms in total. The molecule has 1 aromatic heterocycles. The van der Waals surface area contributed by atoms with Crippen molar-refractivity contribution in [2.24, 2.45) is 0 Å². The number of rotatable bonds is 7. The highest BCUT2D eigenvalue weighted by Crippen LogP contribution is 2.32. The summed E-state index contributed by atoms with van der Waals surface area (Å²) in [5.74, 6) is -0.749. The molecular formula is C19H17NO4S3. The van der Waals surface area contributed by atoms with Crippen molar-refractivity contribution in [2.75, 3.05) is 6.61 Å². The molecule has 1 unspecified atom stereocenters. The Balaban J connectivity index is 1.80. The van der Waals surface area contributed by atoms with E-state index in [1.807, 2.05) is 18.4 Å². The molecule has 0 bridgehead atoms. The van der Waals surface area contributed by atoms with E-state index < -0.39 is 5.37 Å². The number of thioether (sulfide) groups is 1. The standard InChI is InChI=1S/C19H17NO4S3/c1-2-24-19(25)27-16(10-9-14(21)15-8-5-11-26-15)20-17(22)12-6-3-4-7-13(12)18(20)23/h3-8,11,16H,2,9-10H2,1H3. The number of ether oxygens (including phenoxy) is 1. The van der Waals surface area contributed by atoms with Crippen molar-refractivity contribution >= 4 is 57.3 Å². The molecule has 8 heteroatoms. The monoisotopic (exact) mass is 419 g/mol. The van der Waals surface area contributed by atoms with Crippen LogP contribution < -0.4 is 0 Å². The molecule has 0 saturated carbocycles. The van der Waals surface area contributed by atoms with Gasteiger partial charge in [-0.15, -0.1) is 11.3 Å². The van der Waals surface area contributed by atoms with Crippen LogP contribution in [0.5, 0.6) is 0 Å². The summed E-state index contributed by atoms with van der Waals surface area (Å²) < 4.78 is 5.57. The quantitative estimate of drug-likeness (QED) is 0.377. The first-order valence-corrected chi connectivity index (χ1v) is 10.6. The molecule has 3 rings (SSSR count). The van der Waals surface area contributed by atoms with E-state index in [4.69, 9.17) is 17.0 Å². The van der Waals surface area contributed by atoms with E-state index in [0.717, 1.165) is 11.8 Å². The maximum atomic E-state index is 12.8. The lowest BCUT2D eigenvalue weighted by atomic mass is 10.1. The second kappa shape index (κ2) is 8.77. The molecule has 0 aliphatic carbocycles. The van der Waals surface area contributed by atoms with Gasteiger partial charge in [-0.2, -0.15) is 0 Å². The van der Waals surface area contributed by atoms with Crippen LogP contribution in [0.15, 0.2) is 41.8 Å². The molecule has 0 N–H and O–H groups in total. The number of imide groups is 1. The Hall–Kier alpha value is -2.03. The van der Waals surface area contributed by atoms with Crippen LogP contribution >= 0.6 is 35.3 Å². The Labute approximate surface area is 170 Å². The molecule has 2 amide bonds. The van der Waals surface area contributed by atoms with E-state index in [0.29, 0.717) is 29.0 Å². The van der Waals surface area contributed by atoms with Crippen molar-refractivity contribution in [3.05, 3.63) is 57.8 Å². The summed E-state index contributed by atoms with van der Waals surface area (Å²) in [7, 11) is 0. The first-order valence-electron chi connectivity index (χ1n) is 8.40. The highest BCUT2D eigenvalue weighted by molar-refractivity contribution is 8.23. The first-order chi connectivity index (χ1) is 13.0. The number of hydrogen-bond acceptors (Lipinski definition) is 7. The maximum absolute atomic E-state index is 12.8. The molecule has 1 aliphatic heterocycles. The fourth-order valence-electron chi connectivity index (χ4n) is 2.79. The van der Waals surface area contributed by atoms with E-state index in [9.17, 15) is 14.4 Å². The highest BCUT2D eigenvalue weighted by atomic mass is 32.2. The molecule has 0 spiro atoms. The van der Waals surface area contributed by atoms with Crippen LogP contribution in [0, 0.1) is 0 Å². The van der Waals surface area contributed by atoms with Gasteiger partial charge in [0.2, 0.25) is 4.38 Å². The zero-order chi connectivity index (χ0) is 19.4. The molecule has 1 aliphatic rings. The Bertz CT molecular complexity index is 844. The molecule has 27 heavy (non-hydrogen) atoms. The van der Waals surface area contributed by atoms with Gasteiger partial charge in [0.25, 0.3) is 11.8 Å². The van der Waals surface area contributed by atoms with E-state index in [2.05, 4.69) is 0 Å². The van der Waals surface area contributed by atoms with Crippen molar-refractivity contribution in [1.82, 2.24) is 4.90 Å². The number of nitrogens with zero attached hydrogens (tertiary/aromatic N) is 1. The van der Waals surface area contributed by atoms with Gasteiger partial charge in [0, 0.05) is 6.42 Å². The van der Waals surface area contributed by atoms with E-state index in [1.165, 1.54) is 16.2 Å². The SMILES string of the molecule is CCOC(=S)SC(CCC(=O)c1cccs1)N1C(=O)c2ccccc2C1=O. The molecular weight excluding hydrogens is 402 g/mol. The van der Waals surface area contributed by atoms with E-state index in [1.54, 1.807) is 30.3 Å². The first kappa shape index (κ1) is 19.7. The molecule has 0 fully saturated rings. The topological polar surface area (TPSA) is 63.7 Å². The number of benzene rings is 1. The molecule has 2 aromatic rings. The summed E-state index contributed by atoms with van der Waals surface area (Å²) in [4.78, 5) is 39.8. The Morgan fingerprint density at radius 2 is 1.85 bits per heavy atom. The van der Waals surface area contributed by atoms with Gasteiger partial charge >= 0.3 is 0 Å². The van der Waals surface area contributed by atoms with Crippen LogP contribution in [0.25, 0.3) is 0 Å². The van der Waals surface area contributed by atoms with Gasteiger partial charge in [0.05, 0.1) is 28.0 Å². The van der Waals surface area contributed by atoms with Gasteiger partial charge in [-0.1, -0.05) is 30.0 Å². The molecule has 0 radical (unpaired) electrons. The predicted octanol–water partition coefficient (Wildman–Crippen LogP) is 4.39. The molecule has 1 aromatic carbocycles. The second-order valence-corrected chi connectivity index (χ2v) is 8.45. The number of thiophene rings is 1. The van der Waals surface area contributed by atoms with Crippen molar-refractivity contribution in [3.8, 4) is 0 Å². The van der Waals surface area contributed by atoms with Crippen LogP contribution in [0.4, 0.5) is 0 Å². The van der Waals surface area contributed by atoms with Crippen LogP contribution in [-0.4, -0.2) is 38.9 Å². The largest absolute Gasteiger partial charge is 0.479 e. The molecule has 0 saturated heterocycles. The Kier molecular flexibility index (Phi) is 6.41. The van der Waals surface area contributed by atoms with Crippen molar-refractivity contribution in [3.63, 3.8) is 0 Å². The summed E-state index contributed by atoms with van der Waals surface area (Å²) in [6.45, 7) is 2.21. The molecule has 140 valence electrons. The summed E-state index contributed by atoms with van der Waals surface area (Å²) >= 11 is 7.70. The average molecular weight is 420 g/mol. The highest BCUT2D eigenvalue weighted by Gasteiger charge is 2.40. The van der Waals surface area contributed by atoms with Gasteiger partial charge < -0.3 is 4.74 Å². The fraction of sp³-hybridized carbons (Fsp3) is 0.263. The van der Waals surface area contributed by atoms with E-state index >= 15 is 0 Å². The lowest BCUT2D eigenvalue weighted by Crippen LogP contribution is -2.39. The number of carbonyl (C=O) groups is 3. The van der Waals surface area contributed by atoms with Crippen molar-refractivity contribution < 1.29 is 19.1 Å². The summed E-state index contributed by atoms with van der Waals surface area (Å²) in [6, 6.07) is 10.3. The van der Waals surface area contributed by atoms with Crippen molar-refractivity contribution in [1.29, 1.82) is 0 Å². The minimum Gasteiger partial charge on any atom is -0.479 e. The third-order valence-corrected chi connectivity index (χ3v) is 6.37. The number of amides is 2. The smallest absolute Gasteiger partial charge is 0.262 e. The average Bonchev–Trinajstić information content (AvgIpc) is 3.27. The van der Waals surface area contributed by atoms with Gasteiger partial charge in [0.15, 0.2) is 5.78 Å². The lowest BCUT2D eigenvalue weighted by Gasteiger charge is -2.25. The zero-order valence-corrected chi connectivity index (χ0v) is 17.0. The second-order valence-electron chi connectivity index (χ2n) is 5.72. The van der Waals surface area contributed by atoms with E-state index in [-0.39, 0.29) is 28.4 Å². The number of hydrogen-bond donors (Lipinski definition) is 0. The predicted molar refractivity (Wildman–Crippen MR) is 110 cm³/mol. The van der Waals surface area contributed by atoms with Crippen LogP contribution in [0.3, 0.4) is 0 Å². The number of Topliss-reactive ketones (excluding diaryl/α,β-unsaturated/α-hetero) is 1. The van der Waals surface area contributed by atoms with Gasteiger partial charge in [-0.25, -0.2) is 0 Å². The van der Waals surface area contributed by atoms with Gasteiger partial charge in [0.1, 0.15) is 0 Å². The molecule has 1 atom stereocenters. The van der Waals surface area contributed by atoms with Crippen LogP contribution in [0.2, 0.25) is 0 Å². The van der Waals surface area contributed by atoms with Crippen LogP contribution in [0.1, 0.15) is 50.2 Å². The normalized spacial score (nSPS) is 14.2. The van der Waals surface area contributed by atoms with Gasteiger partial charge in [-0.3, -0.25) is 19.3 Å². The third-order valence-electron chi connectivity index (χ3n) is 4.02. The summed E-state index contributed by atoms with van der Waals surface area (Å²) in [6.07, 6.45) is 0.514.